The number of likely N-dealkylation sites (N-methyl/N-ethyl adjacent to an activating group) is 1. The van der Waals surface area contributed by atoms with Crippen molar-refractivity contribution in [1.82, 2.24) is 20.3 Å². The lowest BCUT2D eigenvalue weighted by molar-refractivity contribution is -0.131. The second kappa shape index (κ2) is 6.13. The first-order valence-electron chi connectivity index (χ1n) is 8.80. The van der Waals surface area contributed by atoms with Gasteiger partial charge in [0.2, 0.25) is 5.91 Å². The molecule has 0 aromatic carbocycles. The van der Waals surface area contributed by atoms with E-state index in [0.717, 1.165) is 54.5 Å². The van der Waals surface area contributed by atoms with Gasteiger partial charge in [0.15, 0.2) is 5.82 Å². The molecule has 25 heavy (non-hydrogen) atoms. The summed E-state index contributed by atoms with van der Waals surface area (Å²) in [7, 11) is 1.87. The van der Waals surface area contributed by atoms with Crippen LogP contribution in [0.5, 0.6) is 0 Å². The number of amides is 1. The van der Waals surface area contributed by atoms with E-state index in [1.54, 1.807) is 0 Å². The normalized spacial score (nSPS) is 16.7. The fraction of sp³-hybridized carbons (Fsp3) is 0.556. The Bertz CT molecular complexity index is 790. The van der Waals surface area contributed by atoms with Crippen LogP contribution in [0.25, 0.3) is 0 Å². The lowest BCUT2D eigenvalue weighted by Gasteiger charge is -2.44. The van der Waals surface area contributed by atoms with Crippen molar-refractivity contribution in [2.45, 2.75) is 45.6 Å². The molecule has 0 N–H and O–H groups in total. The Hall–Kier alpha value is -2.44. The van der Waals surface area contributed by atoms with Crippen LogP contribution in [-0.2, 0) is 24.1 Å². The molecule has 1 saturated heterocycles. The highest BCUT2D eigenvalue weighted by Gasteiger charge is 2.34. The maximum Gasteiger partial charge on any atom is 0.227 e. The maximum absolute atomic E-state index is 12.6. The van der Waals surface area contributed by atoms with Crippen molar-refractivity contribution in [2.24, 2.45) is 0 Å². The minimum atomic E-state index is 0.0964. The topological polar surface area (TPSA) is 75.4 Å². The lowest BCUT2D eigenvalue weighted by Crippen LogP contribution is -2.60. The predicted octanol–water partition coefficient (Wildman–Crippen LogP) is 1.46. The van der Waals surface area contributed by atoms with Gasteiger partial charge in [0.05, 0.1) is 23.9 Å². The molecule has 2 aromatic heterocycles. The molecule has 0 bridgehead atoms. The summed E-state index contributed by atoms with van der Waals surface area (Å²) in [5, 5.41) is 12.6. The molecule has 0 saturated carbocycles. The van der Waals surface area contributed by atoms with Crippen molar-refractivity contribution in [3.63, 3.8) is 0 Å². The van der Waals surface area contributed by atoms with Gasteiger partial charge >= 0.3 is 0 Å². The molecular weight excluding hydrogens is 318 g/mol. The largest absolute Gasteiger partial charge is 0.361 e. The van der Waals surface area contributed by atoms with Crippen LogP contribution in [0.1, 0.15) is 34.7 Å². The van der Waals surface area contributed by atoms with Crippen LogP contribution < -0.4 is 4.90 Å². The molecular formula is C18H23N5O2. The number of aryl methyl sites for hydroxylation is 4. The van der Waals surface area contributed by atoms with Gasteiger partial charge in [0.25, 0.3) is 0 Å². The average Bonchev–Trinajstić information content (AvgIpc) is 3.14. The van der Waals surface area contributed by atoms with Crippen LogP contribution in [0.2, 0.25) is 0 Å². The first kappa shape index (κ1) is 16.1. The van der Waals surface area contributed by atoms with Gasteiger partial charge in [-0.3, -0.25) is 4.79 Å². The van der Waals surface area contributed by atoms with Crippen molar-refractivity contribution in [3.8, 4) is 0 Å². The standard InChI is InChI=1S/C18H23N5O2/c1-11-15(12(2)25-21-11)8-18(24)22(3)14-9-23(10-14)17-7-13-5-4-6-16(13)19-20-17/h7,14H,4-6,8-10H2,1-3H3. The Morgan fingerprint density at radius 2 is 2.12 bits per heavy atom. The number of fused-ring (bicyclic) bond motifs is 1. The van der Waals surface area contributed by atoms with E-state index >= 15 is 0 Å². The quantitative estimate of drug-likeness (QED) is 0.838. The van der Waals surface area contributed by atoms with E-state index in [2.05, 4.69) is 26.3 Å². The Balaban J connectivity index is 1.36. The van der Waals surface area contributed by atoms with Crippen LogP contribution in [0, 0.1) is 13.8 Å². The number of anilines is 1. The minimum absolute atomic E-state index is 0.0964. The van der Waals surface area contributed by atoms with Crippen LogP contribution in [0.15, 0.2) is 10.6 Å². The van der Waals surface area contributed by atoms with Crippen molar-refractivity contribution in [3.05, 3.63) is 34.3 Å². The number of hydrogen-bond acceptors (Lipinski definition) is 6. The molecule has 1 aliphatic heterocycles. The molecule has 7 heteroatoms. The molecule has 2 aromatic rings. The van der Waals surface area contributed by atoms with Crippen LogP contribution in [0.3, 0.4) is 0 Å². The summed E-state index contributed by atoms with van der Waals surface area (Å²) in [5.41, 5.74) is 4.17. The highest BCUT2D eigenvalue weighted by atomic mass is 16.5. The summed E-state index contributed by atoms with van der Waals surface area (Å²) in [6.45, 7) is 5.32. The molecule has 2 aliphatic rings. The van der Waals surface area contributed by atoms with Crippen LogP contribution >= 0.6 is 0 Å². The monoisotopic (exact) mass is 341 g/mol. The van der Waals surface area contributed by atoms with E-state index in [1.807, 2.05) is 25.8 Å². The first-order valence-corrected chi connectivity index (χ1v) is 8.80. The Kier molecular flexibility index (Phi) is 3.94. The number of carbonyl (C=O) groups excluding carboxylic acids is 1. The van der Waals surface area contributed by atoms with Gasteiger partial charge in [0.1, 0.15) is 5.76 Å². The molecule has 0 spiro atoms. The van der Waals surface area contributed by atoms with Crippen LogP contribution in [0.4, 0.5) is 5.82 Å². The second-order valence-corrected chi connectivity index (χ2v) is 7.07. The SMILES string of the molecule is Cc1noc(C)c1CC(=O)N(C)C1CN(c2cc3c(nn2)CCC3)C1. The fourth-order valence-corrected chi connectivity index (χ4v) is 3.59. The molecule has 7 nitrogen and oxygen atoms in total. The third-order valence-corrected chi connectivity index (χ3v) is 5.44. The molecule has 0 unspecified atom stereocenters. The lowest BCUT2D eigenvalue weighted by atomic mass is 10.0. The first-order chi connectivity index (χ1) is 12.0. The van der Waals surface area contributed by atoms with E-state index in [9.17, 15) is 4.79 Å². The summed E-state index contributed by atoms with van der Waals surface area (Å²) >= 11 is 0. The number of nitrogens with zero attached hydrogens (tertiary/aromatic N) is 5. The van der Waals surface area contributed by atoms with E-state index < -0.39 is 0 Å². The van der Waals surface area contributed by atoms with Crippen molar-refractivity contribution >= 4 is 11.7 Å². The Morgan fingerprint density at radius 1 is 1.32 bits per heavy atom. The number of carbonyl (C=O) groups is 1. The van der Waals surface area contributed by atoms with E-state index in [-0.39, 0.29) is 11.9 Å². The maximum atomic E-state index is 12.6. The zero-order valence-electron chi connectivity index (χ0n) is 14.9. The number of rotatable bonds is 4. The summed E-state index contributed by atoms with van der Waals surface area (Å²) in [5.74, 6) is 1.76. The molecule has 0 atom stereocenters. The third-order valence-electron chi connectivity index (χ3n) is 5.44. The van der Waals surface area contributed by atoms with Crippen molar-refractivity contribution < 1.29 is 9.32 Å². The number of hydrogen-bond donors (Lipinski definition) is 0. The summed E-state index contributed by atoms with van der Waals surface area (Å²) in [4.78, 5) is 16.6. The summed E-state index contributed by atoms with van der Waals surface area (Å²) in [6, 6.07) is 2.38. The summed E-state index contributed by atoms with van der Waals surface area (Å²) in [6.07, 6.45) is 3.66. The minimum Gasteiger partial charge on any atom is -0.361 e. The van der Waals surface area contributed by atoms with Gasteiger partial charge < -0.3 is 14.3 Å². The zero-order chi connectivity index (χ0) is 17.6. The van der Waals surface area contributed by atoms with Gasteiger partial charge in [0, 0.05) is 25.7 Å². The van der Waals surface area contributed by atoms with Crippen LogP contribution in [-0.4, -0.2) is 52.3 Å². The van der Waals surface area contributed by atoms with E-state index in [1.165, 1.54) is 12.0 Å². The highest BCUT2D eigenvalue weighted by Crippen LogP contribution is 2.26. The van der Waals surface area contributed by atoms with Gasteiger partial charge in [-0.15, -0.1) is 5.10 Å². The molecule has 1 fully saturated rings. The molecule has 1 amide bonds. The third kappa shape index (κ3) is 2.88. The van der Waals surface area contributed by atoms with Gasteiger partial charge in [-0.25, -0.2) is 0 Å². The predicted molar refractivity (Wildman–Crippen MR) is 92.5 cm³/mol. The average molecular weight is 341 g/mol. The van der Waals surface area contributed by atoms with Crippen molar-refractivity contribution in [2.75, 3.05) is 25.0 Å². The van der Waals surface area contributed by atoms with Gasteiger partial charge in [-0.05, 0) is 44.7 Å². The molecule has 0 radical (unpaired) electrons. The Morgan fingerprint density at radius 3 is 2.84 bits per heavy atom. The molecule has 132 valence electrons. The fourth-order valence-electron chi connectivity index (χ4n) is 3.59. The van der Waals surface area contributed by atoms with E-state index in [4.69, 9.17) is 4.52 Å². The Labute approximate surface area is 147 Å². The molecule has 4 rings (SSSR count). The molecule has 1 aliphatic carbocycles. The van der Waals surface area contributed by atoms with Gasteiger partial charge in [-0.2, -0.15) is 5.10 Å². The smallest absolute Gasteiger partial charge is 0.227 e. The van der Waals surface area contributed by atoms with E-state index in [0.29, 0.717) is 6.42 Å². The highest BCUT2D eigenvalue weighted by molar-refractivity contribution is 5.79. The van der Waals surface area contributed by atoms with Crippen molar-refractivity contribution in [1.29, 1.82) is 0 Å². The zero-order valence-corrected chi connectivity index (χ0v) is 14.9. The number of aromatic nitrogens is 3. The molecule has 3 heterocycles. The second-order valence-electron chi connectivity index (χ2n) is 7.07. The summed E-state index contributed by atoms with van der Waals surface area (Å²) < 4.78 is 5.14. The van der Waals surface area contributed by atoms with Gasteiger partial charge in [-0.1, -0.05) is 5.16 Å².